The van der Waals surface area contributed by atoms with Crippen LogP contribution in [0.25, 0.3) is 0 Å². The minimum Gasteiger partial charge on any atom is -0.458 e. The molecule has 1 radical (unpaired) electrons. The van der Waals surface area contributed by atoms with Crippen LogP contribution in [0.15, 0.2) is 18.2 Å². The van der Waals surface area contributed by atoms with E-state index in [9.17, 15) is 9.59 Å². The zero-order valence-electron chi connectivity index (χ0n) is 17.4. The van der Waals surface area contributed by atoms with Crippen LogP contribution >= 0.6 is 23.2 Å². The van der Waals surface area contributed by atoms with Crippen LogP contribution in [0.2, 0.25) is 0 Å². The van der Waals surface area contributed by atoms with Gasteiger partial charge in [0.2, 0.25) is 6.17 Å². The molecule has 0 amide bonds. The number of anilines is 1. The topological polar surface area (TPSA) is 58.6 Å². The van der Waals surface area contributed by atoms with Gasteiger partial charge >= 0.3 is 5.97 Å². The van der Waals surface area contributed by atoms with E-state index in [-0.39, 0.29) is 6.54 Å². The summed E-state index contributed by atoms with van der Waals surface area (Å²) in [5, 5.41) is 2.76. The molecule has 0 heterocycles. The summed E-state index contributed by atoms with van der Waals surface area (Å²) < 4.78 is 20.5. The van der Waals surface area contributed by atoms with Crippen molar-refractivity contribution in [1.29, 1.82) is 0 Å². The van der Waals surface area contributed by atoms with Crippen molar-refractivity contribution in [3.63, 3.8) is 0 Å². The molecule has 0 spiro atoms. The number of nitrogens with zero attached hydrogens (tertiary/aromatic N) is 1. The quantitative estimate of drug-likeness (QED) is 0.175. The van der Waals surface area contributed by atoms with Gasteiger partial charge in [-0.05, 0) is 57.5 Å². The average Bonchev–Trinajstić information content (AvgIpc) is 2.64. The van der Waals surface area contributed by atoms with E-state index in [1.54, 1.807) is 20.8 Å². The van der Waals surface area contributed by atoms with Gasteiger partial charge in [-0.15, -0.1) is 23.2 Å². The van der Waals surface area contributed by atoms with Gasteiger partial charge in [0, 0.05) is 36.5 Å². The first-order valence-electron chi connectivity index (χ1n) is 9.49. The van der Waals surface area contributed by atoms with Gasteiger partial charge in [0.05, 0.1) is 6.19 Å². The number of hydrogen-bond acceptors (Lipinski definition) is 5. The van der Waals surface area contributed by atoms with E-state index >= 15 is 4.39 Å². The molecule has 2 unspecified atom stereocenters. The number of halogens is 3. The standard InChI is InChI=1S/C20H29BCl2FN2O3/c1-14-5-6-15(26(9-7-22)10-8-23)11-16(14)17(12-25-21-13-27)18(24)19(28)29-20(2,3)4/h5-6,11,13,17-18,25H,7-10,12H2,1-4H3. The molecule has 1 rings (SSSR count). The molecular formula is C20H29BCl2FN2O3. The van der Waals surface area contributed by atoms with Gasteiger partial charge in [0.15, 0.2) is 0 Å². The Hall–Kier alpha value is -1.31. The summed E-state index contributed by atoms with van der Waals surface area (Å²) in [4.78, 5) is 25.0. The smallest absolute Gasteiger partial charge is 0.341 e. The van der Waals surface area contributed by atoms with Crippen molar-refractivity contribution in [2.75, 3.05) is 36.3 Å². The number of aryl methyl sites for hydroxylation is 1. The highest BCUT2D eigenvalue weighted by Crippen LogP contribution is 2.30. The molecule has 0 saturated heterocycles. The second-order valence-electron chi connectivity index (χ2n) is 7.66. The molecule has 1 aromatic carbocycles. The van der Waals surface area contributed by atoms with Crippen LogP contribution in [0.3, 0.4) is 0 Å². The van der Waals surface area contributed by atoms with Crippen LogP contribution in [0, 0.1) is 6.92 Å². The third-order valence-corrected chi connectivity index (χ3v) is 4.58. The number of ether oxygens (including phenoxy) is 1. The van der Waals surface area contributed by atoms with E-state index in [1.165, 1.54) is 7.41 Å². The van der Waals surface area contributed by atoms with Crippen molar-refractivity contribution in [2.45, 2.75) is 45.4 Å². The lowest BCUT2D eigenvalue weighted by atomic mass is 9.87. The Morgan fingerprint density at radius 3 is 2.45 bits per heavy atom. The molecule has 2 atom stereocenters. The minimum absolute atomic E-state index is 0.0639. The lowest BCUT2D eigenvalue weighted by molar-refractivity contribution is -0.161. The molecule has 0 saturated carbocycles. The first kappa shape index (κ1) is 25.7. The SMILES string of the molecule is Cc1ccc(N(CCCl)CCCl)cc1C(CN[B]C=O)C(F)C(=O)OC(C)(C)C. The first-order chi connectivity index (χ1) is 13.6. The Bertz CT molecular complexity index is 668. The fraction of sp³-hybridized carbons (Fsp3) is 0.600. The Morgan fingerprint density at radius 1 is 1.31 bits per heavy atom. The van der Waals surface area contributed by atoms with Gasteiger partial charge < -0.3 is 19.7 Å². The number of benzene rings is 1. The van der Waals surface area contributed by atoms with Gasteiger partial charge in [0.1, 0.15) is 5.60 Å². The summed E-state index contributed by atoms with van der Waals surface area (Å²) in [5.41, 5.74) is 1.52. The lowest BCUT2D eigenvalue weighted by Gasteiger charge is -2.28. The highest BCUT2D eigenvalue weighted by molar-refractivity contribution is 6.64. The molecular weight excluding hydrogens is 417 g/mol. The zero-order valence-corrected chi connectivity index (χ0v) is 18.9. The Balaban J connectivity index is 3.27. The number of carbonyl (C=O) groups is 2. The van der Waals surface area contributed by atoms with E-state index in [0.29, 0.717) is 36.6 Å². The number of alkyl halides is 3. The third-order valence-electron chi connectivity index (χ3n) is 4.25. The van der Waals surface area contributed by atoms with Crippen LogP contribution in [0.5, 0.6) is 0 Å². The van der Waals surface area contributed by atoms with E-state index < -0.39 is 23.7 Å². The van der Waals surface area contributed by atoms with Gasteiger partial charge in [-0.3, -0.25) is 0 Å². The molecule has 0 aromatic heterocycles. The van der Waals surface area contributed by atoms with E-state index in [1.807, 2.05) is 30.0 Å². The van der Waals surface area contributed by atoms with Crippen molar-refractivity contribution in [2.24, 2.45) is 0 Å². The van der Waals surface area contributed by atoms with Crippen LogP contribution in [-0.2, 0) is 14.3 Å². The molecule has 5 nitrogen and oxygen atoms in total. The summed E-state index contributed by atoms with van der Waals surface area (Å²) in [6, 6.07) is 5.64. The monoisotopic (exact) mass is 445 g/mol. The normalized spacial score (nSPS) is 13.5. The molecule has 1 N–H and O–H groups in total. The Kier molecular flexibility index (Phi) is 11.0. The number of esters is 1. The predicted octanol–water partition coefficient (Wildman–Crippen LogP) is 3.44. The van der Waals surface area contributed by atoms with Crippen molar-refractivity contribution in [3.8, 4) is 0 Å². The number of nitrogens with one attached hydrogen (secondary N) is 1. The summed E-state index contributed by atoms with van der Waals surface area (Å²) in [7, 11) is 1.18. The fourth-order valence-electron chi connectivity index (χ4n) is 2.93. The van der Waals surface area contributed by atoms with E-state index in [4.69, 9.17) is 27.9 Å². The average molecular weight is 446 g/mol. The van der Waals surface area contributed by atoms with Gasteiger partial charge in [-0.1, -0.05) is 6.07 Å². The van der Waals surface area contributed by atoms with Crippen LogP contribution < -0.4 is 10.1 Å². The van der Waals surface area contributed by atoms with Crippen LogP contribution in [-0.4, -0.2) is 62.7 Å². The second-order valence-corrected chi connectivity index (χ2v) is 8.41. The molecule has 1 aromatic rings. The van der Waals surface area contributed by atoms with Gasteiger partial charge in [-0.25, -0.2) is 9.18 Å². The first-order valence-corrected chi connectivity index (χ1v) is 10.6. The second kappa shape index (κ2) is 12.4. The number of hydrogen-bond donors (Lipinski definition) is 1. The van der Waals surface area contributed by atoms with Crippen molar-refractivity contribution < 1.29 is 18.7 Å². The molecule has 0 aliphatic rings. The van der Waals surface area contributed by atoms with Crippen molar-refractivity contribution >= 4 is 48.5 Å². The van der Waals surface area contributed by atoms with Crippen LogP contribution in [0.4, 0.5) is 10.1 Å². The van der Waals surface area contributed by atoms with Crippen molar-refractivity contribution in [3.05, 3.63) is 29.3 Å². The predicted molar refractivity (Wildman–Crippen MR) is 119 cm³/mol. The molecule has 9 heteroatoms. The highest BCUT2D eigenvalue weighted by atomic mass is 35.5. The summed E-state index contributed by atoms with van der Waals surface area (Å²) in [6.45, 7) is 8.15. The molecule has 0 aliphatic heterocycles. The summed E-state index contributed by atoms with van der Waals surface area (Å²) in [5.74, 6) is -0.931. The lowest BCUT2D eigenvalue weighted by Crippen LogP contribution is -2.38. The Labute approximate surface area is 183 Å². The van der Waals surface area contributed by atoms with Crippen molar-refractivity contribution in [1.82, 2.24) is 5.23 Å². The number of carbonyl (C=O) groups excluding carboxylic acids is 2. The molecule has 29 heavy (non-hydrogen) atoms. The molecule has 0 fully saturated rings. The van der Waals surface area contributed by atoms with Gasteiger partial charge in [0.25, 0.3) is 7.41 Å². The Morgan fingerprint density at radius 2 is 1.93 bits per heavy atom. The zero-order chi connectivity index (χ0) is 22.0. The maximum atomic E-state index is 15.2. The summed E-state index contributed by atoms with van der Waals surface area (Å²) in [6.07, 6.45) is -1.32. The number of rotatable bonds is 12. The maximum absolute atomic E-state index is 15.2. The van der Waals surface area contributed by atoms with E-state index in [0.717, 1.165) is 11.3 Å². The minimum atomic E-state index is -1.90. The molecule has 161 valence electrons. The fourth-order valence-corrected chi connectivity index (χ4v) is 3.34. The third kappa shape index (κ3) is 8.53. The highest BCUT2D eigenvalue weighted by Gasteiger charge is 2.34. The van der Waals surface area contributed by atoms with Gasteiger partial charge in [-0.2, -0.15) is 0 Å². The van der Waals surface area contributed by atoms with Crippen LogP contribution in [0.1, 0.15) is 37.8 Å². The largest absolute Gasteiger partial charge is 0.458 e. The molecule has 0 aliphatic carbocycles. The summed E-state index contributed by atoms with van der Waals surface area (Å²) >= 11 is 11.8. The molecule has 0 bridgehead atoms. The van der Waals surface area contributed by atoms with E-state index in [2.05, 4.69) is 5.23 Å². The maximum Gasteiger partial charge on any atom is 0.341 e.